The molecule has 5 nitrogen and oxygen atoms in total. The lowest BCUT2D eigenvalue weighted by Gasteiger charge is -2.11. The number of nitrogens with one attached hydrogen (secondary N) is 2. The van der Waals surface area contributed by atoms with E-state index in [1.165, 1.54) is 13.2 Å². The van der Waals surface area contributed by atoms with Gasteiger partial charge in [0.15, 0.2) is 0 Å². The number of ether oxygens (including phenoxy) is 1. The molecule has 0 aromatic heterocycles. The molecule has 120 valence electrons. The molecule has 0 radical (unpaired) electrons. The number of methoxy groups -OCH3 is 1. The number of hydrogen-bond acceptors (Lipinski definition) is 4. The van der Waals surface area contributed by atoms with Gasteiger partial charge in [-0.25, -0.2) is 13.1 Å². The average molecular weight is 400 g/mol. The van der Waals surface area contributed by atoms with Crippen LogP contribution in [0.1, 0.15) is 12.8 Å². The Labute approximate surface area is 140 Å². The minimum Gasteiger partial charge on any atom is -0.497 e. The third-order valence-electron chi connectivity index (χ3n) is 3.40. The summed E-state index contributed by atoms with van der Waals surface area (Å²) in [6.45, 7) is 2.47. The number of benzene rings is 1. The van der Waals surface area contributed by atoms with Gasteiger partial charge in [-0.2, -0.15) is 0 Å². The zero-order chi connectivity index (χ0) is 14.6. The van der Waals surface area contributed by atoms with E-state index in [0.717, 1.165) is 25.9 Å². The molecular formula is C13H20BrClN2O3S. The van der Waals surface area contributed by atoms with E-state index >= 15 is 0 Å². The number of sulfonamides is 1. The van der Waals surface area contributed by atoms with Gasteiger partial charge in [0.25, 0.3) is 0 Å². The molecule has 0 aliphatic carbocycles. The number of hydrogen-bond donors (Lipinski definition) is 2. The molecule has 0 bridgehead atoms. The molecule has 1 aliphatic heterocycles. The second kappa shape index (κ2) is 8.33. The minimum absolute atomic E-state index is 0. The lowest BCUT2D eigenvalue weighted by atomic mass is 10.1. The van der Waals surface area contributed by atoms with Gasteiger partial charge in [-0.3, -0.25) is 0 Å². The Kier molecular flexibility index (Phi) is 7.42. The van der Waals surface area contributed by atoms with Crippen LogP contribution in [0.15, 0.2) is 27.6 Å². The van der Waals surface area contributed by atoms with Crippen molar-refractivity contribution in [3.05, 3.63) is 22.7 Å². The fraction of sp³-hybridized carbons (Fsp3) is 0.538. The summed E-state index contributed by atoms with van der Waals surface area (Å²) in [4.78, 5) is 0.216. The van der Waals surface area contributed by atoms with Gasteiger partial charge < -0.3 is 10.1 Å². The van der Waals surface area contributed by atoms with E-state index in [2.05, 4.69) is 26.0 Å². The number of rotatable bonds is 6. The second-order valence-corrected chi connectivity index (χ2v) is 7.55. The highest BCUT2D eigenvalue weighted by Crippen LogP contribution is 2.24. The monoisotopic (exact) mass is 398 g/mol. The molecular weight excluding hydrogens is 380 g/mol. The van der Waals surface area contributed by atoms with Crippen molar-refractivity contribution in [2.24, 2.45) is 5.92 Å². The molecule has 1 aromatic rings. The molecule has 1 aliphatic rings. The molecule has 1 atom stereocenters. The summed E-state index contributed by atoms with van der Waals surface area (Å²) < 4.78 is 32.9. The first-order chi connectivity index (χ1) is 9.51. The maximum Gasteiger partial charge on any atom is 0.240 e. The Morgan fingerprint density at radius 3 is 2.81 bits per heavy atom. The fourth-order valence-corrected chi connectivity index (χ4v) is 3.98. The Bertz CT molecular complexity index is 563. The summed E-state index contributed by atoms with van der Waals surface area (Å²) in [6, 6.07) is 4.81. The Morgan fingerprint density at radius 1 is 1.43 bits per heavy atom. The molecule has 8 heteroatoms. The van der Waals surface area contributed by atoms with Crippen LogP contribution >= 0.6 is 28.3 Å². The lowest BCUT2D eigenvalue weighted by Crippen LogP contribution is -2.26. The van der Waals surface area contributed by atoms with Crippen LogP contribution < -0.4 is 14.8 Å². The first kappa shape index (κ1) is 18.7. The SMILES string of the molecule is COc1cc(Br)cc(S(=O)(=O)NCCC2CCNC2)c1.Cl. The third kappa shape index (κ3) is 5.41. The molecule has 1 saturated heterocycles. The van der Waals surface area contributed by atoms with Crippen LogP contribution in [-0.2, 0) is 10.0 Å². The molecule has 0 saturated carbocycles. The van der Waals surface area contributed by atoms with Gasteiger partial charge in [0.1, 0.15) is 5.75 Å². The largest absolute Gasteiger partial charge is 0.497 e. The van der Waals surface area contributed by atoms with Crippen molar-refractivity contribution in [2.75, 3.05) is 26.7 Å². The van der Waals surface area contributed by atoms with Crippen molar-refractivity contribution in [3.63, 3.8) is 0 Å². The van der Waals surface area contributed by atoms with Crippen molar-refractivity contribution in [1.82, 2.24) is 10.0 Å². The van der Waals surface area contributed by atoms with E-state index in [1.54, 1.807) is 12.1 Å². The van der Waals surface area contributed by atoms with E-state index in [0.29, 0.717) is 22.7 Å². The molecule has 1 aromatic carbocycles. The summed E-state index contributed by atoms with van der Waals surface area (Å²) in [7, 11) is -1.97. The molecule has 0 amide bonds. The van der Waals surface area contributed by atoms with Gasteiger partial charge in [-0.1, -0.05) is 15.9 Å². The maximum absolute atomic E-state index is 12.2. The van der Waals surface area contributed by atoms with Gasteiger partial charge in [0.05, 0.1) is 12.0 Å². The zero-order valence-corrected chi connectivity index (χ0v) is 15.0. The van der Waals surface area contributed by atoms with Crippen LogP contribution in [0, 0.1) is 5.92 Å². The van der Waals surface area contributed by atoms with Crippen molar-refractivity contribution >= 4 is 38.4 Å². The van der Waals surface area contributed by atoms with Crippen LogP contribution in [0.2, 0.25) is 0 Å². The van der Waals surface area contributed by atoms with Gasteiger partial charge in [-0.05, 0) is 44.0 Å². The van der Waals surface area contributed by atoms with Crippen molar-refractivity contribution in [3.8, 4) is 5.75 Å². The van der Waals surface area contributed by atoms with Crippen LogP contribution in [0.4, 0.5) is 0 Å². The quantitative estimate of drug-likeness (QED) is 0.769. The molecule has 2 N–H and O–H groups in total. The van der Waals surface area contributed by atoms with E-state index in [4.69, 9.17) is 4.74 Å². The van der Waals surface area contributed by atoms with E-state index in [-0.39, 0.29) is 17.3 Å². The van der Waals surface area contributed by atoms with E-state index in [9.17, 15) is 8.42 Å². The van der Waals surface area contributed by atoms with E-state index in [1.807, 2.05) is 0 Å². The summed E-state index contributed by atoms with van der Waals surface area (Å²) >= 11 is 3.29. The lowest BCUT2D eigenvalue weighted by molar-refractivity contribution is 0.413. The van der Waals surface area contributed by atoms with Gasteiger partial charge in [-0.15, -0.1) is 12.4 Å². The topological polar surface area (TPSA) is 67.4 Å². The highest BCUT2D eigenvalue weighted by molar-refractivity contribution is 9.10. The normalized spacial score (nSPS) is 18.3. The molecule has 2 rings (SSSR count). The smallest absolute Gasteiger partial charge is 0.240 e. The summed E-state index contributed by atoms with van der Waals surface area (Å²) in [5, 5.41) is 3.27. The summed E-state index contributed by atoms with van der Waals surface area (Å²) in [5.41, 5.74) is 0. The summed E-state index contributed by atoms with van der Waals surface area (Å²) in [6.07, 6.45) is 1.98. The fourth-order valence-electron chi connectivity index (χ4n) is 2.25. The predicted octanol–water partition coefficient (Wildman–Crippen LogP) is 2.16. The molecule has 1 fully saturated rings. The second-order valence-electron chi connectivity index (χ2n) is 4.87. The highest BCUT2D eigenvalue weighted by atomic mass is 79.9. The Morgan fingerprint density at radius 2 is 2.19 bits per heavy atom. The standard InChI is InChI=1S/C13H19BrN2O3S.ClH/c1-19-12-6-11(14)7-13(8-12)20(17,18)16-5-3-10-2-4-15-9-10;/h6-8,10,15-16H,2-5,9H2,1H3;1H. The molecule has 1 heterocycles. The molecule has 1 unspecified atom stereocenters. The molecule has 21 heavy (non-hydrogen) atoms. The first-order valence-corrected chi connectivity index (χ1v) is 8.84. The van der Waals surface area contributed by atoms with Crippen LogP contribution in [-0.4, -0.2) is 35.2 Å². The van der Waals surface area contributed by atoms with Crippen LogP contribution in [0.5, 0.6) is 5.75 Å². The maximum atomic E-state index is 12.2. The third-order valence-corrected chi connectivity index (χ3v) is 5.30. The van der Waals surface area contributed by atoms with Gasteiger partial charge >= 0.3 is 0 Å². The predicted molar refractivity (Wildman–Crippen MR) is 88.7 cm³/mol. The minimum atomic E-state index is -3.49. The summed E-state index contributed by atoms with van der Waals surface area (Å²) in [5.74, 6) is 1.08. The van der Waals surface area contributed by atoms with E-state index < -0.39 is 10.0 Å². The van der Waals surface area contributed by atoms with Crippen LogP contribution in [0.25, 0.3) is 0 Å². The van der Waals surface area contributed by atoms with Gasteiger partial charge in [0.2, 0.25) is 10.0 Å². The highest BCUT2D eigenvalue weighted by Gasteiger charge is 2.18. The van der Waals surface area contributed by atoms with Crippen molar-refractivity contribution < 1.29 is 13.2 Å². The van der Waals surface area contributed by atoms with Gasteiger partial charge in [0, 0.05) is 17.1 Å². The van der Waals surface area contributed by atoms with Crippen LogP contribution in [0.3, 0.4) is 0 Å². The average Bonchev–Trinajstić information content (AvgIpc) is 2.91. The molecule has 0 spiro atoms. The van der Waals surface area contributed by atoms with Crippen molar-refractivity contribution in [2.45, 2.75) is 17.7 Å². The number of halogens is 2. The Hall–Kier alpha value is -0.340. The first-order valence-electron chi connectivity index (χ1n) is 6.56. The van der Waals surface area contributed by atoms with Crippen molar-refractivity contribution in [1.29, 1.82) is 0 Å². The zero-order valence-electron chi connectivity index (χ0n) is 11.8. The Balaban J connectivity index is 0.00000220.